The van der Waals surface area contributed by atoms with Gasteiger partial charge in [0.25, 0.3) is 0 Å². The molecule has 1 aliphatic heterocycles. The van der Waals surface area contributed by atoms with E-state index >= 15 is 0 Å². The molecular formula is C16H30N2. The highest BCUT2D eigenvalue weighted by Gasteiger charge is 2.31. The van der Waals surface area contributed by atoms with Crippen molar-refractivity contribution >= 4 is 0 Å². The van der Waals surface area contributed by atoms with Gasteiger partial charge in [-0.2, -0.15) is 0 Å². The summed E-state index contributed by atoms with van der Waals surface area (Å²) in [6.07, 6.45) is 11.6. The van der Waals surface area contributed by atoms with Crippen molar-refractivity contribution in [3.63, 3.8) is 0 Å². The maximum absolute atomic E-state index is 3.71. The van der Waals surface area contributed by atoms with Crippen LogP contribution in [0.5, 0.6) is 0 Å². The highest BCUT2D eigenvalue weighted by Crippen LogP contribution is 2.32. The van der Waals surface area contributed by atoms with Crippen LogP contribution in [-0.2, 0) is 0 Å². The zero-order valence-electron chi connectivity index (χ0n) is 12.0. The first kappa shape index (κ1) is 12.9. The maximum Gasteiger partial charge on any atom is 0.00955 e. The zero-order chi connectivity index (χ0) is 12.4. The number of hydrogen-bond acceptors (Lipinski definition) is 2. The molecule has 0 aromatic rings. The summed E-state index contributed by atoms with van der Waals surface area (Å²) in [5.74, 6) is 1.98. The third kappa shape index (κ3) is 3.27. The van der Waals surface area contributed by atoms with Crippen LogP contribution < -0.4 is 5.32 Å². The molecule has 1 heterocycles. The van der Waals surface area contributed by atoms with E-state index in [-0.39, 0.29) is 0 Å². The Morgan fingerprint density at radius 3 is 2.39 bits per heavy atom. The zero-order valence-corrected chi connectivity index (χ0v) is 12.0. The molecule has 0 aromatic heterocycles. The minimum absolute atomic E-state index is 0.888. The molecule has 2 nitrogen and oxygen atoms in total. The molecule has 0 bridgehead atoms. The van der Waals surface area contributed by atoms with E-state index in [1.165, 1.54) is 71.0 Å². The van der Waals surface area contributed by atoms with Crippen LogP contribution in [0.4, 0.5) is 0 Å². The Kier molecular flexibility index (Phi) is 4.25. The highest BCUT2D eigenvalue weighted by molar-refractivity contribution is 4.88. The number of nitrogens with one attached hydrogen (secondary N) is 1. The summed E-state index contributed by atoms with van der Waals surface area (Å²) in [6.45, 7) is 6.39. The lowest BCUT2D eigenvalue weighted by Gasteiger charge is -2.34. The van der Waals surface area contributed by atoms with Gasteiger partial charge in [0.2, 0.25) is 0 Å². The summed E-state index contributed by atoms with van der Waals surface area (Å²) < 4.78 is 0. The van der Waals surface area contributed by atoms with E-state index in [4.69, 9.17) is 0 Å². The number of likely N-dealkylation sites (tertiary alicyclic amines) is 1. The largest absolute Gasteiger partial charge is 0.314 e. The fourth-order valence-electron chi connectivity index (χ4n) is 3.90. The lowest BCUT2D eigenvalue weighted by atomic mass is 9.84. The Morgan fingerprint density at radius 1 is 0.944 bits per heavy atom. The molecule has 3 fully saturated rings. The summed E-state index contributed by atoms with van der Waals surface area (Å²) in [4.78, 5) is 2.81. The van der Waals surface area contributed by atoms with E-state index < -0.39 is 0 Å². The van der Waals surface area contributed by atoms with Crippen LogP contribution in [0, 0.1) is 11.8 Å². The lowest BCUT2D eigenvalue weighted by molar-refractivity contribution is 0.158. The molecule has 1 atom stereocenters. The molecular weight excluding hydrogens is 220 g/mol. The van der Waals surface area contributed by atoms with Crippen molar-refractivity contribution in [2.75, 3.05) is 19.6 Å². The monoisotopic (exact) mass is 250 g/mol. The molecule has 1 unspecified atom stereocenters. The smallest absolute Gasteiger partial charge is 0.00955 e. The van der Waals surface area contributed by atoms with Gasteiger partial charge in [-0.1, -0.05) is 13.3 Å². The number of nitrogens with zero attached hydrogens (tertiary/aromatic N) is 1. The molecule has 0 amide bonds. The molecule has 2 heteroatoms. The molecule has 0 radical (unpaired) electrons. The molecule has 0 aromatic carbocycles. The Hall–Kier alpha value is -0.0800. The van der Waals surface area contributed by atoms with Gasteiger partial charge in [0, 0.05) is 18.6 Å². The average molecular weight is 250 g/mol. The quantitative estimate of drug-likeness (QED) is 0.807. The summed E-state index contributed by atoms with van der Waals surface area (Å²) >= 11 is 0. The van der Waals surface area contributed by atoms with E-state index in [1.807, 2.05) is 0 Å². The fraction of sp³-hybridized carbons (Fsp3) is 1.00. The van der Waals surface area contributed by atoms with Crippen LogP contribution in [-0.4, -0.2) is 36.6 Å². The molecule has 18 heavy (non-hydrogen) atoms. The number of rotatable bonds is 5. The fourth-order valence-corrected chi connectivity index (χ4v) is 3.90. The molecule has 2 aliphatic carbocycles. The number of hydrogen-bond donors (Lipinski definition) is 1. The molecule has 2 saturated carbocycles. The van der Waals surface area contributed by atoms with Crippen LogP contribution in [0.15, 0.2) is 0 Å². The van der Waals surface area contributed by atoms with E-state index in [1.54, 1.807) is 0 Å². The van der Waals surface area contributed by atoms with Gasteiger partial charge >= 0.3 is 0 Å². The summed E-state index contributed by atoms with van der Waals surface area (Å²) in [6, 6.07) is 1.82. The maximum atomic E-state index is 3.71. The van der Waals surface area contributed by atoms with Crippen molar-refractivity contribution in [3.8, 4) is 0 Å². The van der Waals surface area contributed by atoms with Crippen molar-refractivity contribution in [2.45, 2.75) is 70.4 Å². The Balaban J connectivity index is 1.38. The van der Waals surface area contributed by atoms with Crippen LogP contribution in [0.1, 0.15) is 58.3 Å². The molecule has 3 rings (SSSR count). The summed E-state index contributed by atoms with van der Waals surface area (Å²) in [5, 5.41) is 3.71. The molecule has 1 saturated heterocycles. The first-order valence-electron chi connectivity index (χ1n) is 8.32. The highest BCUT2D eigenvalue weighted by atomic mass is 15.2. The Bertz CT molecular complexity index is 254. The van der Waals surface area contributed by atoms with Crippen LogP contribution in [0.3, 0.4) is 0 Å². The predicted octanol–water partition coefficient (Wildman–Crippen LogP) is 3.03. The Labute approximate surface area is 113 Å². The van der Waals surface area contributed by atoms with E-state index in [2.05, 4.69) is 17.1 Å². The first-order valence-corrected chi connectivity index (χ1v) is 8.32. The topological polar surface area (TPSA) is 15.3 Å². The van der Waals surface area contributed by atoms with Gasteiger partial charge in [0.05, 0.1) is 0 Å². The molecule has 104 valence electrons. The second kappa shape index (κ2) is 5.92. The van der Waals surface area contributed by atoms with Crippen molar-refractivity contribution in [1.29, 1.82) is 0 Å². The predicted molar refractivity (Wildman–Crippen MR) is 76.7 cm³/mol. The van der Waals surface area contributed by atoms with Crippen LogP contribution in [0.25, 0.3) is 0 Å². The Morgan fingerprint density at radius 2 is 1.72 bits per heavy atom. The standard InChI is InChI=1S/C16H30N2/c1-2-13-3-7-16(8-4-13)18-10-9-14(12-18)11-17-15-5-6-15/h13-17H,2-12H2,1H3. The summed E-state index contributed by atoms with van der Waals surface area (Å²) in [7, 11) is 0. The van der Waals surface area contributed by atoms with Crippen LogP contribution >= 0.6 is 0 Å². The van der Waals surface area contributed by atoms with Gasteiger partial charge in [-0.3, -0.25) is 0 Å². The van der Waals surface area contributed by atoms with Gasteiger partial charge in [-0.05, 0) is 69.9 Å². The van der Waals surface area contributed by atoms with Crippen molar-refractivity contribution in [1.82, 2.24) is 10.2 Å². The van der Waals surface area contributed by atoms with E-state index in [9.17, 15) is 0 Å². The van der Waals surface area contributed by atoms with E-state index in [0.717, 1.165) is 23.9 Å². The molecule has 0 spiro atoms. The minimum Gasteiger partial charge on any atom is -0.314 e. The van der Waals surface area contributed by atoms with Gasteiger partial charge < -0.3 is 10.2 Å². The second-order valence-corrected chi connectivity index (χ2v) is 6.91. The van der Waals surface area contributed by atoms with Crippen LogP contribution in [0.2, 0.25) is 0 Å². The average Bonchev–Trinajstić information content (AvgIpc) is 3.14. The molecule has 1 N–H and O–H groups in total. The SMILES string of the molecule is CCC1CCC(N2CCC(CNC3CC3)C2)CC1. The normalized spacial score (nSPS) is 38.2. The lowest BCUT2D eigenvalue weighted by Crippen LogP contribution is -2.37. The van der Waals surface area contributed by atoms with Crippen molar-refractivity contribution < 1.29 is 0 Å². The third-order valence-electron chi connectivity index (χ3n) is 5.50. The second-order valence-electron chi connectivity index (χ2n) is 6.91. The van der Waals surface area contributed by atoms with Gasteiger partial charge in [-0.15, -0.1) is 0 Å². The van der Waals surface area contributed by atoms with E-state index in [0.29, 0.717) is 0 Å². The van der Waals surface area contributed by atoms with Gasteiger partial charge in [-0.25, -0.2) is 0 Å². The summed E-state index contributed by atoms with van der Waals surface area (Å²) in [5.41, 5.74) is 0. The van der Waals surface area contributed by atoms with Gasteiger partial charge in [0.1, 0.15) is 0 Å². The first-order chi connectivity index (χ1) is 8.85. The van der Waals surface area contributed by atoms with Gasteiger partial charge in [0.15, 0.2) is 0 Å². The van der Waals surface area contributed by atoms with Crippen molar-refractivity contribution in [3.05, 3.63) is 0 Å². The third-order valence-corrected chi connectivity index (χ3v) is 5.50. The molecule has 3 aliphatic rings. The van der Waals surface area contributed by atoms with Crippen molar-refractivity contribution in [2.24, 2.45) is 11.8 Å². The minimum atomic E-state index is 0.888.